The third-order valence-corrected chi connectivity index (χ3v) is 5.64. The van der Waals surface area contributed by atoms with Gasteiger partial charge in [0.1, 0.15) is 16.9 Å². The van der Waals surface area contributed by atoms with Crippen LogP contribution in [0.1, 0.15) is 51.5 Å². The lowest BCUT2D eigenvalue weighted by Gasteiger charge is -2.28. The summed E-state index contributed by atoms with van der Waals surface area (Å²) in [5, 5.41) is 0.0233. The standard InChI is InChI=1S/C20H31NO3S/c1-14(13-20(2,3)4)11-18(22)21-9-10-25-19(21)16-8-7-15(23-5)12-17(16)24-6/h7-8,12,14,19H,9-11,13H2,1-6H3/t14-,19-/m0/s1. The summed E-state index contributed by atoms with van der Waals surface area (Å²) < 4.78 is 10.8. The maximum Gasteiger partial charge on any atom is 0.224 e. The third-order valence-electron chi connectivity index (χ3n) is 4.40. The summed E-state index contributed by atoms with van der Waals surface area (Å²) in [7, 11) is 3.31. The first-order valence-electron chi connectivity index (χ1n) is 8.88. The molecule has 2 rings (SSSR count). The van der Waals surface area contributed by atoms with Crippen molar-refractivity contribution in [1.29, 1.82) is 0 Å². The van der Waals surface area contributed by atoms with Gasteiger partial charge in [0.15, 0.2) is 0 Å². The molecule has 1 saturated heterocycles. The van der Waals surface area contributed by atoms with Crippen LogP contribution in [-0.2, 0) is 4.79 Å². The van der Waals surface area contributed by atoms with Gasteiger partial charge < -0.3 is 14.4 Å². The second kappa shape index (κ2) is 8.35. The highest BCUT2D eigenvalue weighted by Crippen LogP contribution is 2.43. The predicted molar refractivity (Wildman–Crippen MR) is 104 cm³/mol. The second-order valence-corrected chi connectivity index (χ2v) is 9.18. The number of thioether (sulfide) groups is 1. The molecule has 0 spiro atoms. The van der Waals surface area contributed by atoms with Crippen LogP contribution in [0, 0.1) is 11.3 Å². The summed E-state index contributed by atoms with van der Waals surface area (Å²) in [6, 6.07) is 5.83. The molecule has 1 heterocycles. The molecule has 0 aliphatic carbocycles. The van der Waals surface area contributed by atoms with Crippen molar-refractivity contribution < 1.29 is 14.3 Å². The number of hydrogen-bond acceptors (Lipinski definition) is 4. The van der Waals surface area contributed by atoms with Gasteiger partial charge in [-0.25, -0.2) is 0 Å². The molecule has 0 bridgehead atoms. The maximum absolute atomic E-state index is 12.9. The summed E-state index contributed by atoms with van der Waals surface area (Å²) >= 11 is 1.80. The van der Waals surface area contributed by atoms with Crippen LogP contribution in [0.25, 0.3) is 0 Å². The minimum atomic E-state index is 0.0233. The Balaban J connectivity index is 2.13. The van der Waals surface area contributed by atoms with Crippen LogP contribution in [0.15, 0.2) is 18.2 Å². The van der Waals surface area contributed by atoms with Gasteiger partial charge in [-0.2, -0.15) is 0 Å². The smallest absolute Gasteiger partial charge is 0.224 e. The number of benzene rings is 1. The molecule has 2 atom stereocenters. The molecule has 1 aromatic carbocycles. The zero-order chi connectivity index (χ0) is 18.6. The molecule has 1 amide bonds. The fraction of sp³-hybridized carbons (Fsp3) is 0.650. The predicted octanol–water partition coefficient (Wildman–Crippen LogP) is 4.74. The first kappa shape index (κ1) is 20.0. The van der Waals surface area contributed by atoms with Crippen molar-refractivity contribution in [3.8, 4) is 11.5 Å². The van der Waals surface area contributed by atoms with Gasteiger partial charge in [-0.15, -0.1) is 11.8 Å². The summed E-state index contributed by atoms with van der Waals surface area (Å²) in [5.41, 5.74) is 1.29. The lowest BCUT2D eigenvalue weighted by atomic mass is 9.84. The largest absolute Gasteiger partial charge is 0.497 e. The molecule has 25 heavy (non-hydrogen) atoms. The first-order valence-corrected chi connectivity index (χ1v) is 9.93. The Hall–Kier alpha value is -1.36. The van der Waals surface area contributed by atoms with Gasteiger partial charge in [-0.05, 0) is 29.9 Å². The van der Waals surface area contributed by atoms with Crippen molar-refractivity contribution in [1.82, 2.24) is 4.90 Å². The van der Waals surface area contributed by atoms with E-state index in [9.17, 15) is 4.79 Å². The van der Waals surface area contributed by atoms with Gasteiger partial charge in [-0.1, -0.05) is 27.7 Å². The zero-order valence-corrected chi connectivity index (χ0v) is 17.1. The molecule has 0 saturated carbocycles. The normalized spacial score (nSPS) is 19.0. The van der Waals surface area contributed by atoms with Crippen LogP contribution in [0.2, 0.25) is 0 Å². The van der Waals surface area contributed by atoms with E-state index in [1.165, 1.54) is 0 Å². The lowest BCUT2D eigenvalue weighted by Crippen LogP contribution is -2.32. The fourth-order valence-corrected chi connectivity index (χ4v) is 4.84. The highest BCUT2D eigenvalue weighted by Gasteiger charge is 2.33. The van der Waals surface area contributed by atoms with E-state index >= 15 is 0 Å². The Kier molecular flexibility index (Phi) is 6.66. The van der Waals surface area contributed by atoms with Gasteiger partial charge in [0, 0.05) is 30.3 Å². The number of nitrogens with zero attached hydrogens (tertiary/aromatic N) is 1. The number of amides is 1. The van der Waals surface area contributed by atoms with Crippen molar-refractivity contribution >= 4 is 17.7 Å². The van der Waals surface area contributed by atoms with Crippen molar-refractivity contribution in [3.05, 3.63) is 23.8 Å². The molecule has 1 aliphatic rings. The van der Waals surface area contributed by atoms with Crippen LogP contribution >= 0.6 is 11.8 Å². The minimum absolute atomic E-state index is 0.0233. The topological polar surface area (TPSA) is 38.8 Å². The highest BCUT2D eigenvalue weighted by atomic mass is 32.2. The average Bonchev–Trinajstić information content (AvgIpc) is 3.01. The molecule has 1 aromatic rings. The van der Waals surface area contributed by atoms with E-state index in [1.54, 1.807) is 26.0 Å². The van der Waals surface area contributed by atoms with Gasteiger partial charge in [0.05, 0.1) is 14.2 Å². The molecule has 4 nitrogen and oxygen atoms in total. The van der Waals surface area contributed by atoms with Gasteiger partial charge in [0.25, 0.3) is 0 Å². The second-order valence-electron chi connectivity index (χ2n) is 7.99. The van der Waals surface area contributed by atoms with Gasteiger partial charge >= 0.3 is 0 Å². The Morgan fingerprint density at radius 2 is 2.04 bits per heavy atom. The Bertz CT molecular complexity index is 597. The number of ether oxygens (including phenoxy) is 2. The molecular weight excluding hydrogens is 334 g/mol. The van der Waals surface area contributed by atoms with Crippen molar-refractivity contribution in [3.63, 3.8) is 0 Å². The maximum atomic E-state index is 12.9. The molecule has 0 radical (unpaired) electrons. The number of carbonyl (C=O) groups excluding carboxylic acids is 1. The molecule has 0 aromatic heterocycles. The Morgan fingerprint density at radius 1 is 1.32 bits per heavy atom. The van der Waals surface area contributed by atoms with Gasteiger partial charge in [-0.3, -0.25) is 4.79 Å². The first-order chi connectivity index (χ1) is 11.7. The van der Waals surface area contributed by atoms with Crippen molar-refractivity contribution in [2.75, 3.05) is 26.5 Å². The van der Waals surface area contributed by atoms with E-state index in [0.29, 0.717) is 12.3 Å². The highest BCUT2D eigenvalue weighted by molar-refractivity contribution is 7.99. The Labute approximate surface area is 156 Å². The average molecular weight is 366 g/mol. The van der Waals surface area contributed by atoms with Crippen LogP contribution in [0.4, 0.5) is 0 Å². The van der Waals surface area contributed by atoms with Crippen molar-refractivity contribution in [2.24, 2.45) is 11.3 Å². The van der Waals surface area contributed by atoms with Crippen LogP contribution in [0.3, 0.4) is 0 Å². The fourth-order valence-electron chi connectivity index (χ4n) is 3.54. The molecule has 1 fully saturated rings. The van der Waals surface area contributed by atoms with E-state index in [-0.39, 0.29) is 16.7 Å². The van der Waals surface area contributed by atoms with E-state index in [4.69, 9.17) is 9.47 Å². The monoisotopic (exact) mass is 365 g/mol. The minimum Gasteiger partial charge on any atom is -0.497 e. The van der Waals surface area contributed by atoms with E-state index in [0.717, 1.165) is 35.8 Å². The summed E-state index contributed by atoms with van der Waals surface area (Å²) in [6.07, 6.45) is 1.66. The number of hydrogen-bond donors (Lipinski definition) is 0. The molecule has 0 unspecified atom stereocenters. The van der Waals surface area contributed by atoms with E-state index in [1.807, 2.05) is 23.1 Å². The zero-order valence-electron chi connectivity index (χ0n) is 16.3. The van der Waals surface area contributed by atoms with Crippen molar-refractivity contribution in [2.45, 2.75) is 45.9 Å². The molecule has 0 N–H and O–H groups in total. The van der Waals surface area contributed by atoms with E-state index < -0.39 is 0 Å². The molecule has 1 aliphatic heterocycles. The van der Waals surface area contributed by atoms with E-state index in [2.05, 4.69) is 27.7 Å². The SMILES string of the molecule is COc1ccc([C@@H]2SCCN2C(=O)C[C@H](C)CC(C)(C)C)c(OC)c1. The lowest BCUT2D eigenvalue weighted by molar-refractivity contribution is -0.132. The van der Waals surface area contributed by atoms with Crippen LogP contribution in [-0.4, -0.2) is 37.3 Å². The molecule has 140 valence electrons. The van der Waals surface area contributed by atoms with Crippen LogP contribution < -0.4 is 9.47 Å². The van der Waals surface area contributed by atoms with Gasteiger partial charge in [0.2, 0.25) is 5.91 Å². The number of methoxy groups -OCH3 is 2. The van der Waals surface area contributed by atoms with Crippen LogP contribution in [0.5, 0.6) is 11.5 Å². The quantitative estimate of drug-likeness (QED) is 0.730. The number of rotatable bonds is 6. The number of carbonyl (C=O) groups is 1. The Morgan fingerprint density at radius 3 is 2.64 bits per heavy atom. The summed E-state index contributed by atoms with van der Waals surface area (Å²) in [6.45, 7) is 9.65. The molecule has 5 heteroatoms. The molecular formula is C20H31NO3S. The third kappa shape index (κ3) is 5.30. The summed E-state index contributed by atoms with van der Waals surface area (Å²) in [5.74, 6) is 3.12. The summed E-state index contributed by atoms with van der Waals surface area (Å²) in [4.78, 5) is 14.9.